The number of rotatable bonds is 3. The van der Waals surface area contributed by atoms with Gasteiger partial charge in [0.15, 0.2) is 5.82 Å². The van der Waals surface area contributed by atoms with Gasteiger partial charge in [-0.1, -0.05) is 0 Å². The molecule has 0 saturated carbocycles. The molecule has 0 saturated heterocycles. The van der Waals surface area contributed by atoms with Gasteiger partial charge in [-0.05, 0) is 12.1 Å². The van der Waals surface area contributed by atoms with Crippen LogP contribution >= 0.6 is 0 Å². The number of aromatic nitrogens is 2. The van der Waals surface area contributed by atoms with E-state index in [1.54, 1.807) is 37.5 Å². The van der Waals surface area contributed by atoms with Crippen molar-refractivity contribution in [1.29, 1.82) is 0 Å². The summed E-state index contributed by atoms with van der Waals surface area (Å²) in [6.07, 6.45) is 1.57. The largest absolute Gasteiger partial charge is 0.439 e. The Morgan fingerprint density at radius 1 is 1.24 bits per heavy atom. The van der Waals surface area contributed by atoms with Crippen LogP contribution in [0.1, 0.15) is 0 Å². The molecule has 0 unspecified atom stereocenters. The lowest BCUT2D eigenvalue weighted by atomic mass is 10.4. The fraction of sp³-hybridized carbons (Fsp3) is 0.0909. The Morgan fingerprint density at radius 3 is 2.76 bits per heavy atom. The molecule has 2 heterocycles. The summed E-state index contributed by atoms with van der Waals surface area (Å²) in [7, 11) is 1.74. The highest BCUT2D eigenvalue weighted by atomic mass is 16.5. The van der Waals surface area contributed by atoms with Crippen LogP contribution in [0.3, 0.4) is 0 Å². The minimum atomic E-state index is 0.395. The quantitative estimate of drug-likeness (QED) is 0.739. The molecule has 0 aliphatic carbocycles. The van der Waals surface area contributed by atoms with Gasteiger partial charge in [-0.3, -0.25) is 0 Å². The maximum absolute atomic E-state index is 5.71. The third kappa shape index (κ3) is 2.54. The summed E-state index contributed by atoms with van der Waals surface area (Å²) in [5.74, 6) is 1.99. The fourth-order valence-electron chi connectivity index (χ4n) is 1.32. The molecule has 0 spiro atoms. The van der Waals surface area contributed by atoms with Gasteiger partial charge >= 0.3 is 0 Å². The van der Waals surface area contributed by atoms with Gasteiger partial charge in [-0.15, -0.1) is 0 Å². The summed E-state index contributed by atoms with van der Waals surface area (Å²) in [6.45, 7) is 0. The van der Waals surface area contributed by atoms with E-state index >= 15 is 0 Å². The van der Waals surface area contributed by atoms with Crippen molar-refractivity contribution in [1.82, 2.24) is 9.97 Å². The third-order valence-corrected chi connectivity index (χ3v) is 2.11. The minimum absolute atomic E-state index is 0.395. The van der Waals surface area contributed by atoms with Crippen LogP contribution in [0.2, 0.25) is 0 Å². The van der Waals surface area contributed by atoms with E-state index in [4.69, 9.17) is 16.2 Å². The van der Waals surface area contributed by atoms with Crippen LogP contribution in [-0.4, -0.2) is 17.0 Å². The highest BCUT2D eigenvalue weighted by Crippen LogP contribution is 2.24. The highest BCUT2D eigenvalue weighted by Gasteiger charge is 2.03. The molecule has 17 heavy (non-hydrogen) atoms. The molecular formula is C11H13N5O. The molecule has 0 aliphatic heterocycles. The molecule has 2 rings (SSSR count). The first-order valence-electron chi connectivity index (χ1n) is 5.02. The first-order chi connectivity index (χ1) is 8.19. The highest BCUT2D eigenvalue weighted by molar-refractivity contribution is 5.61. The molecule has 2 aromatic rings. The normalized spacial score (nSPS) is 9.94. The average molecular weight is 231 g/mol. The summed E-state index contributed by atoms with van der Waals surface area (Å²) < 4.78 is 5.53. The van der Waals surface area contributed by atoms with E-state index in [0.717, 1.165) is 0 Å². The van der Waals surface area contributed by atoms with Crippen molar-refractivity contribution in [3.63, 3.8) is 0 Å². The van der Waals surface area contributed by atoms with Crippen molar-refractivity contribution in [2.45, 2.75) is 0 Å². The Bertz CT molecular complexity index is 529. The molecule has 0 amide bonds. The van der Waals surface area contributed by atoms with Crippen molar-refractivity contribution in [3.8, 4) is 11.6 Å². The summed E-state index contributed by atoms with van der Waals surface area (Å²) in [6, 6.07) is 6.73. The zero-order valence-electron chi connectivity index (χ0n) is 9.34. The van der Waals surface area contributed by atoms with Crippen molar-refractivity contribution in [3.05, 3.63) is 30.5 Å². The maximum atomic E-state index is 5.71. The van der Waals surface area contributed by atoms with Gasteiger partial charge in [0.2, 0.25) is 5.88 Å². The fourth-order valence-corrected chi connectivity index (χ4v) is 1.32. The first-order valence-corrected chi connectivity index (χ1v) is 5.02. The van der Waals surface area contributed by atoms with Crippen LogP contribution in [0.4, 0.5) is 17.3 Å². The lowest BCUT2D eigenvalue weighted by Gasteiger charge is -2.08. The van der Waals surface area contributed by atoms with E-state index in [1.807, 2.05) is 0 Å². The van der Waals surface area contributed by atoms with Gasteiger partial charge in [0.25, 0.3) is 0 Å². The molecule has 5 N–H and O–H groups in total. The van der Waals surface area contributed by atoms with Gasteiger partial charge < -0.3 is 21.5 Å². The number of nitrogens with one attached hydrogen (secondary N) is 1. The van der Waals surface area contributed by atoms with Crippen LogP contribution in [0.25, 0.3) is 0 Å². The molecular weight excluding hydrogens is 218 g/mol. The van der Waals surface area contributed by atoms with Gasteiger partial charge in [0.05, 0.1) is 5.69 Å². The van der Waals surface area contributed by atoms with Crippen molar-refractivity contribution >= 4 is 17.3 Å². The SMILES string of the molecule is CNc1nc(Oc2ccnc(N)c2)ccc1N. The van der Waals surface area contributed by atoms with Crippen molar-refractivity contribution in [2.24, 2.45) is 0 Å². The van der Waals surface area contributed by atoms with Crippen LogP contribution < -0.4 is 21.5 Å². The number of anilines is 3. The number of pyridine rings is 2. The van der Waals surface area contributed by atoms with Crippen molar-refractivity contribution < 1.29 is 4.74 Å². The van der Waals surface area contributed by atoms with E-state index in [1.165, 1.54) is 0 Å². The maximum Gasteiger partial charge on any atom is 0.221 e. The molecule has 6 nitrogen and oxygen atoms in total. The second kappa shape index (κ2) is 4.56. The smallest absolute Gasteiger partial charge is 0.221 e. The Morgan fingerprint density at radius 2 is 2.06 bits per heavy atom. The monoisotopic (exact) mass is 231 g/mol. The van der Waals surface area contributed by atoms with E-state index in [-0.39, 0.29) is 0 Å². The predicted molar refractivity (Wildman–Crippen MR) is 66.9 cm³/mol. The third-order valence-electron chi connectivity index (χ3n) is 2.11. The van der Waals surface area contributed by atoms with Crippen LogP contribution in [0.5, 0.6) is 11.6 Å². The Kier molecular flexibility index (Phi) is 2.95. The van der Waals surface area contributed by atoms with Gasteiger partial charge in [0.1, 0.15) is 11.6 Å². The Hall–Kier alpha value is -2.50. The van der Waals surface area contributed by atoms with Gasteiger partial charge in [0, 0.05) is 25.4 Å². The summed E-state index contributed by atoms with van der Waals surface area (Å²) in [5.41, 5.74) is 11.8. The van der Waals surface area contributed by atoms with Crippen molar-refractivity contribution in [2.75, 3.05) is 23.8 Å². The number of ether oxygens (including phenoxy) is 1. The number of nitrogens with zero attached hydrogens (tertiary/aromatic N) is 2. The van der Waals surface area contributed by atoms with E-state index in [2.05, 4.69) is 15.3 Å². The van der Waals surface area contributed by atoms with Crippen LogP contribution in [0.15, 0.2) is 30.5 Å². The summed E-state index contributed by atoms with van der Waals surface area (Å²) in [5, 5.41) is 2.88. The van der Waals surface area contributed by atoms with Gasteiger partial charge in [-0.25, -0.2) is 4.98 Å². The van der Waals surface area contributed by atoms with E-state index < -0.39 is 0 Å². The van der Waals surface area contributed by atoms with Crippen LogP contribution in [-0.2, 0) is 0 Å². The molecule has 0 aromatic carbocycles. The van der Waals surface area contributed by atoms with E-state index in [0.29, 0.717) is 29.0 Å². The summed E-state index contributed by atoms with van der Waals surface area (Å²) in [4.78, 5) is 8.07. The lowest BCUT2D eigenvalue weighted by Crippen LogP contribution is -2.00. The number of nitrogen functional groups attached to an aromatic ring is 2. The Balaban J connectivity index is 2.24. The first kappa shape index (κ1) is 11.0. The van der Waals surface area contributed by atoms with Gasteiger partial charge in [-0.2, -0.15) is 4.98 Å². The summed E-state index contributed by atoms with van der Waals surface area (Å²) >= 11 is 0. The average Bonchev–Trinajstić information content (AvgIpc) is 2.32. The molecule has 0 aliphatic rings. The minimum Gasteiger partial charge on any atom is -0.439 e. The van der Waals surface area contributed by atoms with E-state index in [9.17, 15) is 0 Å². The predicted octanol–water partition coefficient (Wildman–Crippen LogP) is 1.47. The molecule has 0 fully saturated rings. The molecule has 0 atom stereocenters. The molecule has 0 bridgehead atoms. The molecule has 0 radical (unpaired) electrons. The molecule has 88 valence electrons. The second-order valence-electron chi connectivity index (χ2n) is 3.36. The number of hydrogen-bond donors (Lipinski definition) is 3. The topological polar surface area (TPSA) is 99.1 Å². The Labute approximate surface area is 98.6 Å². The zero-order chi connectivity index (χ0) is 12.3. The standard InChI is InChI=1S/C11H13N5O/c1-14-11-8(12)2-3-10(16-11)17-7-4-5-15-9(13)6-7/h2-6H,12H2,1H3,(H2,13,15)(H,14,16). The number of hydrogen-bond acceptors (Lipinski definition) is 6. The van der Waals surface area contributed by atoms with Crippen LogP contribution in [0, 0.1) is 0 Å². The lowest BCUT2D eigenvalue weighted by molar-refractivity contribution is 0.463. The molecule has 6 heteroatoms. The molecule has 2 aromatic heterocycles. The second-order valence-corrected chi connectivity index (χ2v) is 3.36. The number of nitrogens with two attached hydrogens (primary N) is 2. The zero-order valence-corrected chi connectivity index (χ0v) is 9.34.